The number of anilines is 1. The second kappa shape index (κ2) is 7.98. The summed E-state index contributed by atoms with van der Waals surface area (Å²) < 4.78 is 10.4. The van der Waals surface area contributed by atoms with E-state index in [-0.39, 0.29) is 18.7 Å². The molecule has 0 spiro atoms. The second-order valence-electron chi connectivity index (χ2n) is 4.99. The number of hydrogen-bond donors (Lipinski definition) is 1. The van der Waals surface area contributed by atoms with Crippen molar-refractivity contribution in [1.29, 1.82) is 0 Å². The van der Waals surface area contributed by atoms with Gasteiger partial charge in [-0.3, -0.25) is 9.59 Å². The fraction of sp³-hybridized carbons (Fsp3) is 0.222. The zero-order valence-electron chi connectivity index (χ0n) is 13.2. The molecule has 2 aromatic carbocycles. The van der Waals surface area contributed by atoms with Crippen LogP contribution in [0.3, 0.4) is 0 Å². The van der Waals surface area contributed by atoms with Crippen molar-refractivity contribution < 1.29 is 19.1 Å². The minimum absolute atomic E-state index is 0.0448. The van der Waals surface area contributed by atoms with E-state index in [4.69, 9.17) is 4.74 Å². The van der Waals surface area contributed by atoms with Gasteiger partial charge in [0.25, 0.3) is 0 Å². The first-order chi connectivity index (χ1) is 11.1. The first kappa shape index (κ1) is 16.5. The monoisotopic (exact) mass is 313 g/mol. The molecular formula is C18H19NO4. The van der Waals surface area contributed by atoms with Gasteiger partial charge >= 0.3 is 5.97 Å². The van der Waals surface area contributed by atoms with Gasteiger partial charge in [0, 0.05) is 6.42 Å². The molecule has 0 aromatic heterocycles. The summed E-state index contributed by atoms with van der Waals surface area (Å²) >= 11 is 0. The maximum atomic E-state index is 11.9. The van der Waals surface area contributed by atoms with Gasteiger partial charge < -0.3 is 14.8 Å². The lowest BCUT2D eigenvalue weighted by atomic mass is 10.2. The zero-order valence-corrected chi connectivity index (χ0v) is 13.2. The molecule has 23 heavy (non-hydrogen) atoms. The highest BCUT2D eigenvalue weighted by Gasteiger charge is 2.11. The van der Waals surface area contributed by atoms with Crippen LogP contribution in [0.25, 0.3) is 0 Å². The van der Waals surface area contributed by atoms with Crippen LogP contribution in [0.2, 0.25) is 0 Å². The van der Waals surface area contributed by atoms with E-state index < -0.39 is 5.97 Å². The summed E-state index contributed by atoms with van der Waals surface area (Å²) in [6.07, 6.45) is 0.106. The van der Waals surface area contributed by atoms with E-state index in [2.05, 4.69) is 10.1 Å². The summed E-state index contributed by atoms with van der Waals surface area (Å²) in [6, 6.07) is 14.8. The molecule has 0 saturated carbocycles. The molecule has 0 aliphatic rings. The van der Waals surface area contributed by atoms with Crippen molar-refractivity contribution in [1.82, 2.24) is 0 Å². The molecule has 0 aliphatic heterocycles. The van der Waals surface area contributed by atoms with E-state index in [1.54, 1.807) is 18.2 Å². The standard InChI is InChI=1S/C18H19NO4/c1-13-7-3-5-9-15(13)23-16-10-6-4-8-14(16)19-17(20)11-12-18(21)22-2/h3-10H,11-12H2,1-2H3,(H,19,20). The third-order valence-electron chi connectivity index (χ3n) is 3.26. The van der Waals surface area contributed by atoms with Crippen LogP contribution in [0.4, 0.5) is 5.69 Å². The van der Waals surface area contributed by atoms with Gasteiger partial charge in [0.15, 0.2) is 5.75 Å². The Kier molecular flexibility index (Phi) is 5.74. The van der Waals surface area contributed by atoms with Gasteiger partial charge in [-0.05, 0) is 30.7 Å². The Bertz CT molecular complexity index is 697. The normalized spacial score (nSPS) is 10.0. The Balaban J connectivity index is 2.07. The number of aryl methyl sites for hydroxylation is 1. The van der Waals surface area contributed by atoms with E-state index in [1.165, 1.54) is 7.11 Å². The predicted molar refractivity (Wildman–Crippen MR) is 87.6 cm³/mol. The molecule has 0 saturated heterocycles. The van der Waals surface area contributed by atoms with Crippen LogP contribution in [-0.2, 0) is 14.3 Å². The Morgan fingerprint density at radius 1 is 0.957 bits per heavy atom. The maximum Gasteiger partial charge on any atom is 0.306 e. The van der Waals surface area contributed by atoms with Crippen LogP contribution >= 0.6 is 0 Å². The van der Waals surface area contributed by atoms with Crippen molar-refractivity contribution in [3.8, 4) is 11.5 Å². The topological polar surface area (TPSA) is 64.6 Å². The summed E-state index contributed by atoms with van der Waals surface area (Å²) in [5.41, 5.74) is 1.56. The number of amides is 1. The molecule has 5 nitrogen and oxygen atoms in total. The van der Waals surface area contributed by atoms with Crippen LogP contribution in [-0.4, -0.2) is 19.0 Å². The maximum absolute atomic E-state index is 11.9. The molecule has 120 valence electrons. The Morgan fingerprint density at radius 3 is 2.30 bits per heavy atom. The summed E-state index contributed by atoms with van der Waals surface area (Å²) in [4.78, 5) is 23.0. The fourth-order valence-corrected chi connectivity index (χ4v) is 1.98. The Labute approximate surface area is 135 Å². The SMILES string of the molecule is COC(=O)CCC(=O)Nc1ccccc1Oc1ccccc1C. The van der Waals surface area contributed by atoms with Crippen LogP contribution in [0, 0.1) is 6.92 Å². The molecule has 1 N–H and O–H groups in total. The van der Waals surface area contributed by atoms with Crippen molar-refractivity contribution in [2.24, 2.45) is 0 Å². The highest BCUT2D eigenvalue weighted by atomic mass is 16.5. The lowest BCUT2D eigenvalue weighted by molar-refractivity contribution is -0.141. The van der Waals surface area contributed by atoms with Crippen molar-refractivity contribution >= 4 is 17.6 Å². The summed E-state index contributed by atoms with van der Waals surface area (Å²) in [5.74, 6) is 0.595. The third kappa shape index (κ3) is 4.85. The van der Waals surface area contributed by atoms with Crippen LogP contribution < -0.4 is 10.1 Å². The summed E-state index contributed by atoms with van der Waals surface area (Å²) in [5, 5.41) is 2.76. The predicted octanol–water partition coefficient (Wildman–Crippen LogP) is 3.68. The molecule has 2 rings (SSSR count). The van der Waals surface area contributed by atoms with Gasteiger partial charge in [-0.2, -0.15) is 0 Å². The largest absolute Gasteiger partial charge is 0.469 e. The average Bonchev–Trinajstić information content (AvgIpc) is 2.56. The van der Waals surface area contributed by atoms with Crippen LogP contribution in [0.5, 0.6) is 11.5 Å². The van der Waals surface area contributed by atoms with Crippen molar-refractivity contribution in [2.45, 2.75) is 19.8 Å². The van der Waals surface area contributed by atoms with Crippen molar-refractivity contribution in [2.75, 3.05) is 12.4 Å². The molecular weight excluding hydrogens is 294 g/mol. The molecule has 0 unspecified atom stereocenters. The number of rotatable bonds is 6. The van der Waals surface area contributed by atoms with E-state index in [9.17, 15) is 9.59 Å². The molecule has 0 radical (unpaired) electrons. The number of hydrogen-bond acceptors (Lipinski definition) is 4. The number of para-hydroxylation sites is 3. The number of carbonyl (C=O) groups excluding carboxylic acids is 2. The summed E-state index contributed by atoms with van der Waals surface area (Å²) in [6.45, 7) is 1.95. The number of nitrogens with one attached hydrogen (secondary N) is 1. The van der Waals surface area contributed by atoms with Gasteiger partial charge in [0.1, 0.15) is 5.75 Å². The molecule has 5 heteroatoms. The smallest absolute Gasteiger partial charge is 0.306 e. The van der Waals surface area contributed by atoms with E-state index in [0.29, 0.717) is 11.4 Å². The molecule has 0 heterocycles. The molecule has 0 aliphatic carbocycles. The van der Waals surface area contributed by atoms with Crippen LogP contribution in [0.1, 0.15) is 18.4 Å². The lowest BCUT2D eigenvalue weighted by Gasteiger charge is -2.13. The first-order valence-corrected chi connectivity index (χ1v) is 7.29. The van der Waals surface area contributed by atoms with E-state index in [1.807, 2.05) is 37.3 Å². The van der Waals surface area contributed by atoms with Crippen molar-refractivity contribution in [3.63, 3.8) is 0 Å². The molecule has 0 fully saturated rings. The van der Waals surface area contributed by atoms with Gasteiger partial charge in [-0.25, -0.2) is 0 Å². The minimum Gasteiger partial charge on any atom is -0.469 e. The summed E-state index contributed by atoms with van der Waals surface area (Å²) in [7, 11) is 1.30. The third-order valence-corrected chi connectivity index (χ3v) is 3.26. The van der Waals surface area contributed by atoms with Gasteiger partial charge in [0.05, 0.1) is 19.2 Å². The highest BCUT2D eigenvalue weighted by Crippen LogP contribution is 2.31. The number of carbonyl (C=O) groups is 2. The quantitative estimate of drug-likeness (QED) is 0.826. The molecule has 2 aromatic rings. The van der Waals surface area contributed by atoms with E-state index in [0.717, 1.165) is 11.3 Å². The minimum atomic E-state index is -0.412. The fourth-order valence-electron chi connectivity index (χ4n) is 1.98. The lowest BCUT2D eigenvalue weighted by Crippen LogP contribution is -2.14. The number of esters is 1. The van der Waals surface area contributed by atoms with Crippen LogP contribution in [0.15, 0.2) is 48.5 Å². The Hall–Kier alpha value is -2.82. The number of benzene rings is 2. The molecule has 0 atom stereocenters. The molecule has 0 bridgehead atoms. The number of methoxy groups -OCH3 is 1. The average molecular weight is 313 g/mol. The van der Waals surface area contributed by atoms with Gasteiger partial charge in [-0.15, -0.1) is 0 Å². The van der Waals surface area contributed by atoms with E-state index >= 15 is 0 Å². The van der Waals surface area contributed by atoms with Gasteiger partial charge in [0.2, 0.25) is 5.91 Å². The number of ether oxygens (including phenoxy) is 2. The second-order valence-corrected chi connectivity index (χ2v) is 4.99. The van der Waals surface area contributed by atoms with Crippen molar-refractivity contribution in [3.05, 3.63) is 54.1 Å². The Morgan fingerprint density at radius 2 is 1.61 bits per heavy atom. The van der Waals surface area contributed by atoms with Gasteiger partial charge in [-0.1, -0.05) is 30.3 Å². The zero-order chi connectivity index (χ0) is 16.7. The highest BCUT2D eigenvalue weighted by molar-refractivity contribution is 5.93. The first-order valence-electron chi connectivity index (χ1n) is 7.29. The molecule has 1 amide bonds.